The Bertz CT molecular complexity index is 422. The second-order valence-corrected chi connectivity index (χ2v) is 5.57. The largest absolute Gasteiger partial charge is 0.467 e. The quantitative estimate of drug-likeness (QED) is 0.848. The highest BCUT2D eigenvalue weighted by molar-refractivity contribution is 5.82. The predicted molar refractivity (Wildman–Crippen MR) is 72.6 cm³/mol. The van der Waals surface area contributed by atoms with Crippen LogP contribution in [-0.4, -0.2) is 31.4 Å². The number of ether oxygens (including phenoxy) is 2. The number of esters is 1. The van der Waals surface area contributed by atoms with Crippen molar-refractivity contribution in [1.82, 2.24) is 0 Å². The van der Waals surface area contributed by atoms with Crippen LogP contribution in [0.3, 0.4) is 0 Å². The van der Waals surface area contributed by atoms with E-state index in [1.807, 2.05) is 26.8 Å². The van der Waals surface area contributed by atoms with E-state index in [4.69, 9.17) is 9.47 Å². The average molecular weight is 266 g/mol. The molecule has 1 N–H and O–H groups in total. The lowest BCUT2D eigenvalue weighted by atomic mass is 9.75. The van der Waals surface area contributed by atoms with Gasteiger partial charge in [-0.3, -0.25) is 0 Å². The number of aliphatic hydroxyl groups is 1. The fraction of sp³-hybridized carbons (Fsp3) is 0.533. The van der Waals surface area contributed by atoms with Gasteiger partial charge in [0.1, 0.15) is 6.10 Å². The molecule has 0 aliphatic heterocycles. The molecule has 0 unspecified atom stereocenters. The highest BCUT2D eigenvalue weighted by Crippen LogP contribution is 2.38. The van der Waals surface area contributed by atoms with Gasteiger partial charge in [0, 0.05) is 7.11 Å². The van der Waals surface area contributed by atoms with Gasteiger partial charge in [-0.2, -0.15) is 0 Å². The normalized spacial score (nSPS) is 16.5. The van der Waals surface area contributed by atoms with Crippen molar-refractivity contribution >= 4 is 5.97 Å². The van der Waals surface area contributed by atoms with Gasteiger partial charge in [0.15, 0.2) is 0 Å². The third-order valence-corrected chi connectivity index (χ3v) is 3.22. The molecule has 0 fully saturated rings. The second kappa shape index (κ2) is 5.72. The Morgan fingerprint density at radius 3 is 2.05 bits per heavy atom. The van der Waals surface area contributed by atoms with Crippen molar-refractivity contribution in [2.24, 2.45) is 5.41 Å². The first-order chi connectivity index (χ1) is 8.80. The summed E-state index contributed by atoms with van der Waals surface area (Å²) in [6, 6.07) is 8.91. The van der Waals surface area contributed by atoms with E-state index in [1.165, 1.54) is 14.2 Å². The van der Waals surface area contributed by atoms with E-state index in [0.29, 0.717) is 5.56 Å². The summed E-state index contributed by atoms with van der Waals surface area (Å²) in [7, 11) is 2.69. The standard InChI is InChI=1S/C15H22O4/c1-14(2,3)12(16)15(19-5,13(17)18-4)11-9-7-6-8-10-11/h6-10,12,16H,1-5H3/t12-,15+/m0/s1. The minimum absolute atomic E-state index is 0.542. The number of carbonyl (C=O) groups is 1. The maximum Gasteiger partial charge on any atom is 0.345 e. The van der Waals surface area contributed by atoms with Crippen LogP contribution >= 0.6 is 0 Å². The van der Waals surface area contributed by atoms with E-state index in [2.05, 4.69) is 0 Å². The van der Waals surface area contributed by atoms with Gasteiger partial charge in [0.25, 0.3) is 0 Å². The molecule has 0 bridgehead atoms. The van der Waals surface area contributed by atoms with Crippen LogP contribution in [0.1, 0.15) is 26.3 Å². The molecule has 4 nitrogen and oxygen atoms in total. The monoisotopic (exact) mass is 266 g/mol. The molecule has 0 saturated carbocycles. The Morgan fingerprint density at radius 1 is 1.16 bits per heavy atom. The summed E-state index contributed by atoms with van der Waals surface area (Å²) in [6.07, 6.45) is -1.04. The van der Waals surface area contributed by atoms with Crippen LogP contribution in [0.25, 0.3) is 0 Å². The molecule has 0 saturated heterocycles. The van der Waals surface area contributed by atoms with Crippen molar-refractivity contribution in [1.29, 1.82) is 0 Å². The predicted octanol–water partition coefficient (Wildman–Crippen LogP) is 2.11. The zero-order chi connectivity index (χ0) is 14.7. The van der Waals surface area contributed by atoms with E-state index >= 15 is 0 Å². The Hall–Kier alpha value is -1.39. The van der Waals surface area contributed by atoms with Crippen LogP contribution < -0.4 is 0 Å². The third-order valence-electron chi connectivity index (χ3n) is 3.22. The van der Waals surface area contributed by atoms with Crippen LogP contribution in [-0.2, 0) is 19.9 Å². The van der Waals surface area contributed by atoms with Crippen molar-refractivity contribution in [3.63, 3.8) is 0 Å². The summed E-state index contributed by atoms with van der Waals surface area (Å²) < 4.78 is 10.3. The molecule has 0 spiro atoms. The Morgan fingerprint density at radius 2 is 1.68 bits per heavy atom. The number of hydrogen-bond donors (Lipinski definition) is 1. The molecule has 0 radical (unpaired) electrons. The van der Waals surface area contributed by atoms with Gasteiger partial charge in [0.2, 0.25) is 5.60 Å². The number of rotatable bonds is 4. The van der Waals surface area contributed by atoms with Gasteiger partial charge >= 0.3 is 5.97 Å². The zero-order valence-electron chi connectivity index (χ0n) is 12.1. The number of hydrogen-bond acceptors (Lipinski definition) is 4. The van der Waals surface area contributed by atoms with Crippen molar-refractivity contribution < 1.29 is 19.4 Å². The van der Waals surface area contributed by atoms with Crippen LogP contribution in [0.5, 0.6) is 0 Å². The number of methoxy groups -OCH3 is 2. The van der Waals surface area contributed by atoms with Gasteiger partial charge in [-0.15, -0.1) is 0 Å². The SMILES string of the molecule is COC(=O)[C@@](OC)(c1ccccc1)[C@@H](O)C(C)(C)C. The fourth-order valence-corrected chi connectivity index (χ4v) is 2.15. The van der Waals surface area contributed by atoms with Crippen molar-refractivity contribution in [2.45, 2.75) is 32.5 Å². The van der Waals surface area contributed by atoms with Gasteiger partial charge in [0.05, 0.1) is 7.11 Å². The maximum atomic E-state index is 12.2. The lowest BCUT2D eigenvalue weighted by Gasteiger charge is -2.40. The first-order valence-electron chi connectivity index (χ1n) is 6.18. The van der Waals surface area contributed by atoms with E-state index < -0.39 is 23.1 Å². The number of carbonyl (C=O) groups excluding carboxylic acids is 1. The molecule has 0 aliphatic rings. The molecule has 0 amide bonds. The third kappa shape index (κ3) is 2.80. The summed E-state index contributed by atoms with van der Waals surface area (Å²) in [6.45, 7) is 5.53. The summed E-state index contributed by atoms with van der Waals surface area (Å²) in [5.41, 5.74) is -1.49. The molecular formula is C15H22O4. The minimum atomic E-state index is -1.52. The highest BCUT2D eigenvalue weighted by atomic mass is 16.6. The minimum Gasteiger partial charge on any atom is -0.467 e. The van der Waals surface area contributed by atoms with Crippen LogP contribution in [0, 0.1) is 5.41 Å². The summed E-state index contributed by atoms with van der Waals surface area (Å²) in [4.78, 5) is 12.2. The molecule has 0 aromatic heterocycles. The molecule has 1 aromatic rings. The van der Waals surface area contributed by atoms with E-state index in [0.717, 1.165) is 0 Å². The Labute approximate surface area is 114 Å². The second-order valence-electron chi connectivity index (χ2n) is 5.57. The van der Waals surface area contributed by atoms with Crippen LogP contribution in [0.4, 0.5) is 0 Å². The number of aliphatic hydroxyl groups excluding tert-OH is 1. The van der Waals surface area contributed by atoms with Crippen LogP contribution in [0.15, 0.2) is 30.3 Å². The van der Waals surface area contributed by atoms with Gasteiger partial charge in [-0.25, -0.2) is 4.79 Å². The topological polar surface area (TPSA) is 55.8 Å². The molecule has 19 heavy (non-hydrogen) atoms. The Kier molecular flexibility index (Phi) is 4.71. The van der Waals surface area contributed by atoms with Crippen molar-refractivity contribution in [3.8, 4) is 0 Å². The molecule has 106 valence electrons. The van der Waals surface area contributed by atoms with E-state index in [1.54, 1.807) is 24.3 Å². The number of benzene rings is 1. The first kappa shape index (κ1) is 15.7. The molecule has 0 aliphatic carbocycles. The van der Waals surface area contributed by atoms with Crippen molar-refractivity contribution in [2.75, 3.05) is 14.2 Å². The molecule has 1 rings (SSSR count). The summed E-state index contributed by atoms with van der Waals surface area (Å²) in [5.74, 6) is -0.608. The van der Waals surface area contributed by atoms with Crippen LogP contribution in [0.2, 0.25) is 0 Å². The van der Waals surface area contributed by atoms with E-state index in [9.17, 15) is 9.90 Å². The molecule has 2 atom stereocenters. The van der Waals surface area contributed by atoms with Crippen molar-refractivity contribution in [3.05, 3.63) is 35.9 Å². The molecular weight excluding hydrogens is 244 g/mol. The molecule has 4 heteroatoms. The van der Waals surface area contributed by atoms with Gasteiger partial charge < -0.3 is 14.6 Å². The van der Waals surface area contributed by atoms with Gasteiger partial charge in [-0.05, 0) is 11.0 Å². The highest BCUT2D eigenvalue weighted by Gasteiger charge is 2.52. The average Bonchev–Trinajstić information content (AvgIpc) is 2.40. The smallest absolute Gasteiger partial charge is 0.345 e. The summed E-state index contributed by atoms with van der Waals surface area (Å²) >= 11 is 0. The molecule has 0 heterocycles. The first-order valence-corrected chi connectivity index (χ1v) is 6.18. The van der Waals surface area contributed by atoms with Gasteiger partial charge in [-0.1, -0.05) is 51.1 Å². The fourth-order valence-electron chi connectivity index (χ4n) is 2.15. The lowest BCUT2D eigenvalue weighted by molar-refractivity contribution is -0.195. The zero-order valence-corrected chi connectivity index (χ0v) is 12.1. The molecule has 1 aromatic carbocycles. The van der Waals surface area contributed by atoms with E-state index in [-0.39, 0.29) is 0 Å². The summed E-state index contributed by atoms with van der Waals surface area (Å²) in [5, 5.41) is 10.6. The Balaban J connectivity index is 3.44. The maximum absolute atomic E-state index is 12.2. The lowest BCUT2D eigenvalue weighted by Crippen LogP contribution is -2.54.